The van der Waals surface area contributed by atoms with Crippen LogP contribution in [0, 0.1) is 0 Å². The molecular formula is C22H35NO3. The number of carboxylic acid groups (broad SMARTS) is 1. The van der Waals surface area contributed by atoms with Crippen molar-refractivity contribution in [3.8, 4) is 0 Å². The predicted molar refractivity (Wildman–Crippen MR) is 106 cm³/mol. The third-order valence-corrected chi connectivity index (χ3v) is 4.60. The van der Waals surface area contributed by atoms with Gasteiger partial charge in [-0.05, 0) is 37.7 Å². The lowest BCUT2D eigenvalue weighted by molar-refractivity contribution is -0.137. The van der Waals surface area contributed by atoms with E-state index < -0.39 is 5.97 Å². The molecule has 1 aromatic carbocycles. The van der Waals surface area contributed by atoms with Gasteiger partial charge in [-0.1, -0.05) is 68.9 Å². The van der Waals surface area contributed by atoms with Crippen LogP contribution < -0.4 is 5.32 Å². The molecule has 0 aromatic heterocycles. The number of hydrogen-bond donors (Lipinski definition) is 2. The molecule has 146 valence electrons. The molecule has 0 aliphatic rings. The van der Waals surface area contributed by atoms with Gasteiger partial charge in [0, 0.05) is 19.4 Å². The molecule has 1 amide bonds. The first-order valence-electron chi connectivity index (χ1n) is 10.2. The van der Waals surface area contributed by atoms with Crippen LogP contribution in [-0.4, -0.2) is 23.5 Å². The second-order valence-electron chi connectivity index (χ2n) is 7.01. The molecule has 0 bridgehead atoms. The molecule has 0 aliphatic heterocycles. The maximum atomic E-state index is 11.8. The Morgan fingerprint density at radius 3 is 1.96 bits per heavy atom. The molecule has 4 heteroatoms. The Labute approximate surface area is 158 Å². The van der Waals surface area contributed by atoms with E-state index in [1.807, 2.05) is 6.07 Å². The van der Waals surface area contributed by atoms with Gasteiger partial charge < -0.3 is 10.4 Å². The Hall–Kier alpha value is -1.84. The molecule has 0 atom stereocenters. The Morgan fingerprint density at radius 1 is 0.731 bits per heavy atom. The lowest BCUT2D eigenvalue weighted by Crippen LogP contribution is -2.24. The molecule has 0 saturated carbocycles. The van der Waals surface area contributed by atoms with Crippen molar-refractivity contribution >= 4 is 11.9 Å². The van der Waals surface area contributed by atoms with E-state index in [4.69, 9.17) is 5.11 Å². The molecule has 4 nitrogen and oxygen atoms in total. The van der Waals surface area contributed by atoms with Gasteiger partial charge in [0.15, 0.2) is 0 Å². The van der Waals surface area contributed by atoms with E-state index in [1.165, 1.54) is 24.8 Å². The molecule has 1 aromatic rings. The van der Waals surface area contributed by atoms with E-state index in [2.05, 4.69) is 29.6 Å². The lowest BCUT2D eigenvalue weighted by atomic mass is 10.1. The van der Waals surface area contributed by atoms with Crippen LogP contribution in [0.4, 0.5) is 0 Å². The largest absolute Gasteiger partial charge is 0.481 e. The highest BCUT2D eigenvalue weighted by molar-refractivity contribution is 5.75. The van der Waals surface area contributed by atoms with Crippen molar-refractivity contribution in [1.29, 1.82) is 0 Å². The Morgan fingerprint density at radius 2 is 1.31 bits per heavy atom. The van der Waals surface area contributed by atoms with Crippen LogP contribution in [0.1, 0.15) is 82.6 Å². The summed E-state index contributed by atoms with van der Waals surface area (Å²) in [5.41, 5.74) is 1.34. The van der Waals surface area contributed by atoms with Crippen molar-refractivity contribution in [3.05, 3.63) is 35.9 Å². The topological polar surface area (TPSA) is 66.4 Å². The van der Waals surface area contributed by atoms with Crippen LogP contribution in [0.2, 0.25) is 0 Å². The maximum Gasteiger partial charge on any atom is 0.303 e. The van der Waals surface area contributed by atoms with E-state index in [0.717, 1.165) is 57.9 Å². The highest BCUT2D eigenvalue weighted by Gasteiger charge is 2.01. The van der Waals surface area contributed by atoms with E-state index in [0.29, 0.717) is 12.8 Å². The highest BCUT2D eigenvalue weighted by Crippen LogP contribution is 2.10. The first-order chi connectivity index (χ1) is 12.7. The second kappa shape index (κ2) is 15.4. The molecule has 0 fully saturated rings. The van der Waals surface area contributed by atoms with E-state index >= 15 is 0 Å². The zero-order chi connectivity index (χ0) is 18.9. The molecule has 0 radical (unpaired) electrons. The number of carbonyl (C=O) groups is 2. The fraction of sp³-hybridized carbons (Fsp3) is 0.636. The van der Waals surface area contributed by atoms with Crippen molar-refractivity contribution in [2.24, 2.45) is 0 Å². The number of hydrogen-bond acceptors (Lipinski definition) is 2. The van der Waals surface area contributed by atoms with E-state index in [9.17, 15) is 9.59 Å². The molecule has 2 N–H and O–H groups in total. The molecule has 0 heterocycles. The fourth-order valence-corrected chi connectivity index (χ4v) is 3.04. The summed E-state index contributed by atoms with van der Waals surface area (Å²) in [6, 6.07) is 10.4. The van der Waals surface area contributed by atoms with Crippen LogP contribution in [-0.2, 0) is 16.0 Å². The first-order valence-corrected chi connectivity index (χ1v) is 10.2. The standard InChI is InChI=1S/C22H35NO3/c24-21(17-12-11-16-20-14-8-7-9-15-20)23-19-13-6-4-2-1-3-5-10-18-22(25)26/h7-9,14-15H,1-6,10-13,16-19H2,(H,23,24)(H,25,26). The molecule has 0 aliphatic carbocycles. The number of aliphatic carboxylic acids is 1. The van der Waals surface area contributed by atoms with E-state index in [-0.39, 0.29) is 5.91 Å². The van der Waals surface area contributed by atoms with Crippen molar-refractivity contribution in [2.75, 3.05) is 6.54 Å². The summed E-state index contributed by atoms with van der Waals surface area (Å²) < 4.78 is 0. The Balaban J connectivity index is 1.81. The third kappa shape index (κ3) is 13.5. The molecule has 0 saturated heterocycles. The fourth-order valence-electron chi connectivity index (χ4n) is 3.04. The van der Waals surface area contributed by atoms with Crippen LogP contribution in [0.25, 0.3) is 0 Å². The second-order valence-corrected chi connectivity index (χ2v) is 7.01. The van der Waals surface area contributed by atoms with Gasteiger partial charge in [0.05, 0.1) is 0 Å². The van der Waals surface area contributed by atoms with Crippen molar-refractivity contribution in [1.82, 2.24) is 5.32 Å². The van der Waals surface area contributed by atoms with Gasteiger partial charge in [0.25, 0.3) is 0 Å². The Kier molecular flexibility index (Phi) is 13.2. The lowest BCUT2D eigenvalue weighted by Gasteiger charge is -2.06. The van der Waals surface area contributed by atoms with Gasteiger partial charge in [0.2, 0.25) is 5.91 Å². The molecule has 1 rings (SSSR count). The first kappa shape index (κ1) is 22.2. The van der Waals surface area contributed by atoms with Gasteiger partial charge in [0.1, 0.15) is 0 Å². The van der Waals surface area contributed by atoms with Gasteiger partial charge >= 0.3 is 5.97 Å². The number of nitrogens with one attached hydrogen (secondary N) is 1. The normalized spacial score (nSPS) is 10.6. The number of benzene rings is 1. The quantitative estimate of drug-likeness (QED) is 0.402. The summed E-state index contributed by atoms with van der Waals surface area (Å²) >= 11 is 0. The van der Waals surface area contributed by atoms with Crippen LogP contribution in [0.15, 0.2) is 30.3 Å². The van der Waals surface area contributed by atoms with Gasteiger partial charge in [-0.3, -0.25) is 9.59 Å². The van der Waals surface area contributed by atoms with Crippen LogP contribution in [0.5, 0.6) is 0 Å². The average Bonchev–Trinajstić information content (AvgIpc) is 2.64. The monoisotopic (exact) mass is 361 g/mol. The number of rotatable bonds is 16. The summed E-state index contributed by atoms with van der Waals surface area (Å²) in [6.07, 6.45) is 12.7. The maximum absolute atomic E-state index is 11.8. The predicted octanol–water partition coefficient (Wildman–Crippen LogP) is 5.11. The number of carboxylic acids is 1. The number of carbonyl (C=O) groups excluding carboxylic acids is 1. The minimum atomic E-state index is -0.691. The van der Waals surface area contributed by atoms with Crippen molar-refractivity contribution in [3.63, 3.8) is 0 Å². The zero-order valence-corrected chi connectivity index (χ0v) is 16.0. The third-order valence-electron chi connectivity index (χ3n) is 4.60. The smallest absolute Gasteiger partial charge is 0.303 e. The van der Waals surface area contributed by atoms with Crippen molar-refractivity contribution in [2.45, 2.75) is 83.5 Å². The summed E-state index contributed by atoms with van der Waals surface area (Å²) in [5.74, 6) is -0.514. The van der Waals surface area contributed by atoms with Gasteiger partial charge in [-0.2, -0.15) is 0 Å². The summed E-state index contributed by atoms with van der Waals surface area (Å²) in [7, 11) is 0. The average molecular weight is 362 g/mol. The molecular weight excluding hydrogens is 326 g/mol. The summed E-state index contributed by atoms with van der Waals surface area (Å²) in [5, 5.41) is 11.6. The van der Waals surface area contributed by atoms with Gasteiger partial charge in [-0.25, -0.2) is 0 Å². The zero-order valence-electron chi connectivity index (χ0n) is 16.0. The summed E-state index contributed by atoms with van der Waals surface area (Å²) in [6.45, 7) is 0.788. The minimum absolute atomic E-state index is 0.177. The number of unbranched alkanes of at least 4 members (excludes halogenated alkanes) is 8. The highest BCUT2D eigenvalue weighted by atomic mass is 16.4. The van der Waals surface area contributed by atoms with Crippen LogP contribution >= 0.6 is 0 Å². The van der Waals surface area contributed by atoms with Crippen molar-refractivity contribution < 1.29 is 14.7 Å². The van der Waals surface area contributed by atoms with E-state index in [1.54, 1.807) is 0 Å². The molecule has 0 spiro atoms. The Bertz CT molecular complexity index is 487. The van der Waals surface area contributed by atoms with Gasteiger partial charge in [-0.15, -0.1) is 0 Å². The number of amides is 1. The van der Waals surface area contributed by atoms with Crippen LogP contribution in [0.3, 0.4) is 0 Å². The number of aryl methyl sites for hydroxylation is 1. The molecule has 0 unspecified atom stereocenters. The SMILES string of the molecule is O=C(O)CCCCCCCCCCNC(=O)CCCCc1ccccc1. The molecule has 26 heavy (non-hydrogen) atoms. The minimum Gasteiger partial charge on any atom is -0.481 e. The summed E-state index contributed by atoms with van der Waals surface area (Å²) in [4.78, 5) is 22.2.